The van der Waals surface area contributed by atoms with Gasteiger partial charge in [-0.1, -0.05) is 36.4 Å². The summed E-state index contributed by atoms with van der Waals surface area (Å²) in [5.74, 6) is 0.0282. The Bertz CT molecular complexity index is 568. The summed E-state index contributed by atoms with van der Waals surface area (Å²) in [7, 11) is 0. The van der Waals surface area contributed by atoms with Crippen LogP contribution in [0.2, 0.25) is 0 Å². The van der Waals surface area contributed by atoms with Gasteiger partial charge < -0.3 is 10.6 Å². The molecule has 92 valence electrons. The number of hydrogen-bond acceptors (Lipinski definition) is 2. The normalized spacial score (nSPS) is 19.0. The number of carbonyl (C=O) groups excluding carboxylic acids is 1. The van der Waals surface area contributed by atoms with Gasteiger partial charge in [-0.15, -0.1) is 0 Å². The summed E-state index contributed by atoms with van der Waals surface area (Å²) in [6.45, 7) is 1.86. The molecule has 1 heterocycles. The van der Waals surface area contributed by atoms with E-state index >= 15 is 0 Å². The van der Waals surface area contributed by atoms with Crippen LogP contribution in [0.5, 0.6) is 0 Å². The molecule has 2 aromatic rings. The van der Waals surface area contributed by atoms with E-state index in [1.54, 1.807) is 0 Å². The van der Waals surface area contributed by atoms with Gasteiger partial charge in [-0.25, -0.2) is 0 Å². The molecule has 0 bridgehead atoms. The lowest BCUT2D eigenvalue weighted by Crippen LogP contribution is -2.36. The average molecular weight is 240 g/mol. The maximum atomic E-state index is 12.3. The largest absolute Gasteiger partial charge is 0.348 e. The van der Waals surface area contributed by atoms with Crippen molar-refractivity contribution < 1.29 is 4.79 Å². The summed E-state index contributed by atoms with van der Waals surface area (Å²) in [5, 5.41) is 8.46. The van der Waals surface area contributed by atoms with E-state index < -0.39 is 0 Å². The molecule has 1 aliphatic rings. The molecule has 1 fully saturated rings. The van der Waals surface area contributed by atoms with E-state index in [-0.39, 0.29) is 11.9 Å². The third-order valence-electron chi connectivity index (χ3n) is 3.43. The Morgan fingerprint density at radius 2 is 2.00 bits per heavy atom. The van der Waals surface area contributed by atoms with Crippen molar-refractivity contribution in [3.63, 3.8) is 0 Å². The van der Waals surface area contributed by atoms with Gasteiger partial charge in [0, 0.05) is 18.2 Å². The number of rotatable bonds is 2. The Hall–Kier alpha value is -1.87. The van der Waals surface area contributed by atoms with Gasteiger partial charge >= 0.3 is 0 Å². The van der Waals surface area contributed by atoms with Gasteiger partial charge in [0.1, 0.15) is 0 Å². The zero-order chi connectivity index (χ0) is 12.4. The Kier molecular flexibility index (Phi) is 2.99. The van der Waals surface area contributed by atoms with Crippen LogP contribution in [0.4, 0.5) is 0 Å². The highest BCUT2D eigenvalue weighted by Crippen LogP contribution is 2.18. The van der Waals surface area contributed by atoms with Gasteiger partial charge in [0.05, 0.1) is 0 Å². The first-order chi connectivity index (χ1) is 8.84. The van der Waals surface area contributed by atoms with Crippen molar-refractivity contribution >= 4 is 16.7 Å². The van der Waals surface area contributed by atoms with Crippen molar-refractivity contribution in [3.05, 3.63) is 48.0 Å². The first kappa shape index (κ1) is 11.2. The monoisotopic (exact) mass is 240 g/mol. The fraction of sp³-hybridized carbons (Fsp3) is 0.267. The van der Waals surface area contributed by atoms with Crippen LogP contribution in [0.15, 0.2) is 42.5 Å². The van der Waals surface area contributed by atoms with E-state index in [9.17, 15) is 4.79 Å². The molecule has 2 aromatic carbocycles. The van der Waals surface area contributed by atoms with E-state index in [4.69, 9.17) is 0 Å². The maximum Gasteiger partial charge on any atom is 0.252 e. The minimum absolute atomic E-state index is 0.0282. The van der Waals surface area contributed by atoms with E-state index in [0.29, 0.717) is 0 Å². The molecule has 1 atom stereocenters. The molecule has 0 radical (unpaired) electrons. The quantitative estimate of drug-likeness (QED) is 0.842. The van der Waals surface area contributed by atoms with Gasteiger partial charge in [-0.05, 0) is 29.8 Å². The highest BCUT2D eigenvalue weighted by molar-refractivity contribution is 6.07. The van der Waals surface area contributed by atoms with Gasteiger partial charge in [0.2, 0.25) is 0 Å². The molecule has 3 nitrogen and oxygen atoms in total. The van der Waals surface area contributed by atoms with Crippen LogP contribution < -0.4 is 10.6 Å². The van der Waals surface area contributed by atoms with Crippen molar-refractivity contribution in [3.8, 4) is 0 Å². The molecule has 3 heteroatoms. The first-order valence-corrected chi connectivity index (χ1v) is 6.34. The fourth-order valence-electron chi connectivity index (χ4n) is 2.46. The summed E-state index contributed by atoms with van der Waals surface area (Å²) in [6.07, 6.45) is 1.01. The molecule has 0 aromatic heterocycles. The number of nitrogens with one attached hydrogen (secondary N) is 2. The second kappa shape index (κ2) is 4.78. The molecule has 0 saturated carbocycles. The molecule has 18 heavy (non-hydrogen) atoms. The van der Waals surface area contributed by atoms with Crippen LogP contribution >= 0.6 is 0 Å². The summed E-state index contributed by atoms with van der Waals surface area (Å²) in [4.78, 5) is 12.3. The zero-order valence-corrected chi connectivity index (χ0v) is 10.1. The molecule has 1 saturated heterocycles. The lowest BCUT2D eigenvalue weighted by Gasteiger charge is -2.12. The van der Waals surface area contributed by atoms with Gasteiger partial charge in [0.25, 0.3) is 5.91 Å². The van der Waals surface area contributed by atoms with Crippen LogP contribution in [0, 0.1) is 0 Å². The van der Waals surface area contributed by atoms with Gasteiger partial charge in [-0.2, -0.15) is 0 Å². The highest BCUT2D eigenvalue weighted by Gasteiger charge is 2.18. The van der Waals surface area contributed by atoms with Crippen LogP contribution in [0.25, 0.3) is 10.8 Å². The third-order valence-corrected chi connectivity index (χ3v) is 3.43. The summed E-state index contributed by atoms with van der Waals surface area (Å²) in [6, 6.07) is 14.1. The number of hydrogen-bond donors (Lipinski definition) is 2. The lowest BCUT2D eigenvalue weighted by molar-refractivity contribution is 0.0942. The van der Waals surface area contributed by atoms with Crippen molar-refractivity contribution in [2.24, 2.45) is 0 Å². The van der Waals surface area contributed by atoms with Crippen molar-refractivity contribution in [2.45, 2.75) is 12.5 Å². The van der Waals surface area contributed by atoms with Crippen LogP contribution in [-0.2, 0) is 0 Å². The zero-order valence-electron chi connectivity index (χ0n) is 10.1. The number of amides is 1. The Morgan fingerprint density at radius 3 is 2.83 bits per heavy atom. The Labute approximate surface area is 106 Å². The predicted molar refractivity (Wildman–Crippen MR) is 72.7 cm³/mol. The average Bonchev–Trinajstić information content (AvgIpc) is 2.91. The number of fused-ring (bicyclic) bond motifs is 1. The van der Waals surface area contributed by atoms with Crippen molar-refractivity contribution in [2.75, 3.05) is 13.1 Å². The fourth-order valence-corrected chi connectivity index (χ4v) is 2.46. The minimum Gasteiger partial charge on any atom is -0.348 e. The van der Waals surface area contributed by atoms with Crippen LogP contribution in [0.1, 0.15) is 16.8 Å². The van der Waals surface area contributed by atoms with Crippen molar-refractivity contribution in [1.82, 2.24) is 10.6 Å². The predicted octanol–water partition coefficient (Wildman–Crippen LogP) is 1.93. The van der Waals surface area contributed by atoms with Crippen molar-refractivity contribution in [1.29, 1.82) is 0 Å². The molecule has 0 unspecified atom stereocenters. The SMILES string of the molecule is O=C(N[C@H]1CCNC1)c1cccc2ccccc12. The Morgan fingerprint density at radius 1 is 1.17 bits per heavy atom. The second-order valence-corrected chi connectivity index (χ2v) is 4.69. The lowest BCUT2D eigenvalue weighted by atomic mass is 10.0. The number of benzene rings is 2. The van der Waals surface area contributed by atoms with Gasteiger partial charge in [0.15, 0.2) is 0 Å². The topological polar surface area (TPSA) is 41.1 Å². The summed E-state index contributed by atoms with van der Waals surface area (Å²) >= 11 is 0. The summed E-state index contributed by atoms with van der Waals surface area (Å²) in [5.41, 5.74) is 0.764. The van der Waals surface area contributed by atoms with Gasteiger partial charge in [-0.3, -0.25) is 4.79 Å². The molecule has 1 amide bonds. The molecule has 2 N–H and O–H groups in total. The highest BCUT2D eigenvalue weighted by atomic mass is 16.1. The number of carbonyl (C=O) groups is 1. The van der Waals surface area contributed by atoms with E-state index in [1.165, 1.54) is 0 Å². The maximum absolute atomic E-state index is 12.3. The van der Waals surface area contributed by atoms with E-state index in [0.717, 1.165) is 35.8 Å². The molecule has 0 aliphatic carbocycles. The molecule has 3 rings (SSSR count). The summed E-state index contributed by atoms with van der Waals surface area (Å²) < 4.78 is 0. The van der Waals surface area contributed by atoms with Crippen LogP contribution in [-0.4, -0.2) is 25.0 Å². The Balaban J connectivity index is 1.91. The molecular weight excluding hydrogens is 224 g/mol. The third kappa shape index (κ3) is 2.09. The smallest absolute Gasteiger partial charge is 0.252 e. The van der Waals surface area contributed by atoms with E-state index in [2.05, 4.69) is 10.6 Å². The minimum atomic E-state index is 0.0282. The van der Waals surface area contributed by atoms with E-state index in [1.807, 2.05) is 42.5 Å². The molecule has 0 spiro atoms. The molecular formula is C15H16N2O. The van der Waals surface area contributed by atoms with Crippen LogP contribution in [0.3, 0.4) is 0 Å². The second-order valence-electron chi connectivity index (χ2n) is 4.69. The standard InChI is InChI=1S/C15H16N2O/c18-15(17-12-8-9-16-10-12)14-7-3-5-11-4-1-2-6-13(11)14/h1-7,12,16H,8-10H2,(H,17,18)/t12-/m0/s1. The first-order valence-electron chi connectivity index (χ1n) is 6.34. The molecule has 1 aliphatic heterocycles.